The molecule has 1 aromatic heterocycles. The molecule has 10 heteroatoms. The molecule has 1 aromatic rings. The predicted molar refractivity (Wildman–Crippen MR) is 125 cm³/mol. The first-order chi connectivity index (χ1) is 15.4. The zero-order chi connectivity index (χ0) is 22.7. The molecule has 3 aliphatic rings. The van der Waals surface area contributed by atoms with Crippen molar-refractivity contribution in [3.8, 4) is 0 Å². The lowest BCUT2D eigenvalue weighted by Gasteiger charge is -2.30. The highest BCUT2D eigenvalue weighted by Crippen LogP contribution is 2.35. The fourth-order valence-corrected chi connectivity index (χ4v) is 5.49. The topological polar surface area (TPSA) is 127 Å². The molecule has 1 saturated carbocycles. The fourth-order valence-electron chi connectivity index (χ4n) is 4.08. The van der Waals surface area contributed by atoms with Gasteiger partial charge in [0.2, 0.25) is 5.91 Å². The SMILES string of the molecule is C/C=C\c1c(C2=CCC(NS(=O)(=O)N3CCOCC3)CC2)cc(NC(=O)C2CC2)nc1N. The van der Waals surface area contributed by atoms with Crippen molar-refractivity contribution >= 4 is 39.4 Å². The summed E-state index contributed by atoms with van der Waals surface area (Å²) in [6, 6.07) is 1.71. The van der Waals surface area contributed by atoms with E-state index in [2.05, 4.69) is 21.1 Å². The number of ether oxygens (including phenoxy) is 1. The average molecular weight is 462 g/mol. The van der Waals surface area contributed by atoms with Gasteiger partial charge in [-0.1, -0.05) is 18.2 Å². The van der Waals surface area contributed by atoms with E-state index in [-0.39, 0.29) is 17.9 Å². The number of carbonyl (C=O) groups excluding carboxylic acids is 1. The normalized spacial score (nSPS) is 22.7. The van der Waals surface area contributed by atoms with Crippen LogP contribution in [-0.2, 0) is 19.7 Å². The van der Waals surface area contributed by atoms with Gasteiger partial charge in [-0.15, -0.1) is 0 Å². The van der Waals surface area contributed by atoms with E-state index in [0.29, 0.717) is 57.2 Å². The smallest absolute Gasteiger partial charge is 0.279 e. The number of aromatic nitrogens is 1. The number of hydrogen-bond acceptors (Lipinski definition) is 6. The molecular formula is C22H31N5O4S. The highest BCUT2D eigenvalue weighted by atomic mass is 32.2. The second-order valence-corrected chi connectivity index (χ2v) is 10.2. The number of amides is 1. The van der Waals surface area contributed by atoms with Crippen molar-refractivity contribution in [2.75, 3.05) is 37.4 Å². The summed E-state index contributed by atoms with van der Waals surface area (Å²) in [5, 5.41) is 2.88. The van der Waals surface area contributed by atoms with Crippen LogP contribution in [0.2, 0.25) is 0 Å². The molecule has 0 spiro atoms. The standard InChI is InChI=1S/C22H31N5O4S/c1-2-3-18-19(14-20(24-21(18)23)25-22(28)16-4-5-16)15-6-8-17(9-7-15)26-32(29,30)27-10-12-31-13-11-27/h2-3,6,14,16-17,26H,4-5,7-13H2,1H3,(H3,23,24,25,28)/b3-2-. The van der Waals surface area contributed by atoms with Crippen LogP contribution in [0.3, 0.4) is 0 Å². The van der Waals surface area contributed by atoms with E-state index in [0.717, 1.165) is 29.5 Å². The minimum absolute atomic E-state index is 0.0168. The van der Waals surface area contributed by atoms with Gasteiger partial charge in [-0.3, -0.25) is 4.79 Å². The zero-order valence-corrected chi connectivity index (χ0v) is 19.2. The number of nitrogens with zero attached hydrogens (tertiary/aromatic N) is 2. The maximum Gasteiger partial charge on any atom is 0.279 e. The monoisotopic (exact) mass is 461 g/mol. The number of anilines is 2. The lowest BCUT2D eigenvalue weighted by molar-refractivity contribution is -0.117. The number of carbonyl (C=O) groups is 1. The summed E-state index contributed by atoms with van der Waals surface area (Å²) in [6.45, 7) is 3.51. The number of hydrogen-bond donors (Lipinski definition) is 3. The number of morpholine rings is 1. The number of pyridine rings is 1. The fraction of sp³-hybridized carbons (Fsp3) is 0.545. The minimum Gasteiger partial charge on any atom is -0.383 e. The van der Waals surface area contributed by atoms with E-state index >= 15 is 0 Å². The van der Waals surface area contributed by atoms with Gasteiger partial charge in [0.05, 0.1) is 13.2 Å². The van der Waals surface area contributed by atoms with Gasteiger partial charge >= 0.3 is 0 Å². The minimum atomic E-state index is -3.53. The maximum absolute atomic E-state index is 12.7. The van der Waals surface area contributed by atoms with Crippen molar-refractivity contribution in [1.29, 1.82) is 0 Å². The molecule has 9 nitrogen and oxygen atoms in total. The Kier molecular flexibility index (Phi) is 6.94. The van der Waals surface area contributed by atoms with Crippen LogP contribution < -0.4 is 15.8 Å². The Bertz CT molecular complexity index is 1030. The number of nitrogen functional groups attached to an aromatic ring is 1. The predicted octanol–water partition coefficient (Wildman–Crippen LogP) is 2.15. The van der Waals surface area contributed by atoms with E-state index in [9.17, 15) is 13.2 Å². The van der Waals surface area contributed by atoms with Crippen molar-refractivity contribution in [1.82, 2.24) is 14.0 Å². The van der Waals surface area contributed by atoms with E-state index < -0.39 is 10.2 Å². The van der Waals surface area contributed by atoms with Gasteiger partial charge in [-0.2, -0.15) is 17.4 Å². The lowest BCUT2D eigenvalue weighted by atomic mass is 9.89. The molecule has 4 N–H and O–H groups in total. The van der Waals surface area contributed by atoms with Crippen LogP contribution in [0.25, 0.3) is 11.6 Å². The van der Waals surface area contributed by atoms with Gasteiger partial charge in [0, 0.05) is 30.6 Å². The van der Waals surface area contributed by atoms with Crippen molar-refractivity contribution in [2.45, 2.75) is 45.1 Å². The molecule has 2 heterocycles. The third kappa shape index (κ3) is 5.37. The van der Waals surface area contributed by atoms with E-state index in [1.54, 1.807) is 0 Å². The summed E-state index contributed by atoms with van der Waals surface area (Å²) < 4.78 is 34.8. The van der Waals surface area contributed by atoms with Crippen LogP contribution >= 0.6 is 0 Å². The molecule has 2 aliphatic carbocycles. The Hall–Kier alpha value is -2.27. The van der Waals surface area contributed by atoms with Crippen LogP contribution in [0, 0.1) is 5.92 Å². The molecule has 1 atom stereocenters. The molecule has 4 rings (SSSR count). The average Bonchev–Trinajstić information content (AvgIpc) is 3.62. The number of nitrogens with one attached hydrogen (secondary N) is 2. The molecule has 0 radical (unpaired) electrons. The van der Waals surface area contributed by atoms with Gasteiger partial charge in [0.25, 0.3) is 10.2 Å². The second kappa shape index (κ2) is 9.70. The second-order valence-electron chi connectivity index (χ2n) is 8.45. The van der Waals surface area contributed by atoms with Crippen molar-refractivity contribution in [3.05, 3.63) is 29.3 Å². The van der Waals surface area contributed by atoms with Crippen molar-refractivity contribution < 1.29 is 17.9 Å². The first kappa shape index (κ1) is 22.9. The highest BCUT2D eigenvalue weighted by molar-refractivity contribution is 7.87. The summed E-state index contributed by atoms with van der Waals surface area (Å²) in [5.74, 6) is 0.879. The summed E-state index contributed by atoms with van der Waals surface area (Å²) in [7, 11) is -3.53. The third-order valence-electron chi connectivity index (χ3n) is 6.00. The number of allylic oxidation sites excluding steroid dienone is 2. The van der Waals surface area contributed by atoms with Crippen LogP contribution in [0.15, 0.2) is 18.2 Å². The van der Waals surface area contributed by atoms with E-state index in [1.165, 1.54) is 4.31 Å². The molecule has 32 heavy (non-hydrogen) atoms. The molecule has 174 valence electrons. The Labute approximate surface area is 189 Å². The van der Waals surface area contributed by atoms with Crippen LogP contribution in [-0.4, -0.2) is 56.0 Å². The summed E-state index contributed by atoms with van der Waals surface area (Å²) >= 11 is 0. The Balaban J connectivity index is 1.50. The van der Waals surface area contributed by atoms with Crippen molar-refractivity contribution in [3.63, 3.8) is 0 Å². The van der Waals surface area contributed by atoms with Crippen LogP contribution in [0.5, 0.6) is 0 Å². The molecular weight excluding hydrogens is 430 g/mol. The van der Waals surface area contributed by atoms with Gasteiger partial charge < -0.3 is 15.8 Å². The van der Waals surface area contributed by atoms with Crippen LogP contribution in [0.4, 0.5) is 11.6 Å². The largest absolute Gasteiger partial charge is 0.383 e. The van der Waals surface area contributed by atoms with Crippen molar-refractivity contribution in [2.24, 2.45) is 5.92 Å². The van der Waals surface area contributed by atoms with Gasteiger partial charge in [0.1, 0.15) is 11.6 Å². The molecule has 1 unspecified atom stereocenters. The Morgan fingerprint density at radius 2 is 2.03 bits per heavy atom. The Morgan fingerprint density at radius 1 is 1.28 bits per heavy atom. The molecule has 2 fully saturated rings. The van der Waals surface area contributed by atoms with Gasteiger partial charge in [-0.25, -0.2) is 4.98 Å². The van der Waals surface area contributed by atoms with Gasteiger partial charge in [-0.05, 0) is 56.2 Å². The molecule has 1 amide bonds. The number of rotatable bonds is 7. The van der Waals surface area contributed by atoms with Crippen LogP contribution in [0.1, 0.15) is 50.2 Å². The van der Waals surface area contributed by atoms with Gasteiger partial charge in [0.15, 0.2) is 0 Å². The maximum atomic E-state index is 12.7. The summed E-state index contributed by atoms with van der Waals surface area (Å²) in [4.78, 5) is 16.6. The Morgan fingerprint density at radius 3 is 2.66 bits per heavy atom. The molecule has 0 aromatic carbocycles. The molecule has 1 aliphatic heterocycles. The summed E-state index contributed by atoms with van der Waals surface area (Å²) in [6.07, 6.45) is 9.66. The zero-order valence-electron chi connectivity index (χ0n) is 18.3. The van der Waals surface area contributed by atoms with E-state index in [4.69, 9.17) is 10.5 Å². The highest BCUT2D eigenvalue weighted by Gasteiger charge is 2.31. The molecule has 1 saturated heterocycles. The van der Waals surface area contributed by atoms with E-state index in [1.807, 2.05) is 25.1 Å². The first-order valence-electron chi connectivity index (χ1n) is 11.2. The molecule has 0 bridgehead atoms. The summed E-state index contributed by atoms with van der Waals surface area (Å²) in [5.41, 5.74) is 9.05. The first-order valence-corrected chi connectivity index (χ1v) is 12.6. The number of nitrogens with two attached hydrogens (primary N) is 1. The lowest BCUT2D eigenvalue weighted by Crippen LogP contribution is -2.49. The quantitative estimate of drug-likeness (QED) is 0.571. The third-order valence-corrected chi connectivity index (χ3v) is 7.68.